The summed E-state index contributed by atoms with van der Waals surface area (Å²) in [4.78, 5) is 12.2. The first-order valence-corrected chi connectivity index (χ1v) is 6.97. The minimum Gasteiger partial charge on any atom is -0.310 e. The number of anilines is 1. The van der Waals surface area contributed by atoms with E-state index in [0.717, 1.165) is 11.4 Å². The zero-order chi connectivity index (χ0) is 14.8. The summed E-state index contributed by atoms with van der Waals surface area (Å²) in [5.41, 5.74) is 1.12. The molecule has 0 aliphatic carbocycles. The molecule has 0 radical (unpaired) electrons. The van der Waals surface area contributed by atoms with E-state index >= 15 is 0 Å². The highest BCUT2D eigenvalue weighted by Crippen LogP contribution is 2.22. The van der Waals surface area contributed by atoms with E-state index in [9.17, 15) is 4.79 Å². The van der Waals surface area contributed by atoms with E-state index in [1.54, 1.807) is 4.68 Å². The van der Waals surface area contributed by atoms with Crippen molar-refractivity contribution in [2.45, 2.75) is 20.8 Å². The molecule has 0 fully saturated rings. The number of amides is 1. The van der Waals surface area contributed by atoms with Crippen LogP contribution in [-0.2, 0) is 4.79 Å². The van der Waals surface area contributed by atoms with Gasteiger partial charge in [-0.05, 0) is 32.9 Å². The Hall–Kier alpha value is -1.81. The van der Waals surface area contributed by atoms with Crippen LogP contribution in [0.1, 0.15) is 19.5 Å². The van der Waals surface area contributed by atoms with Crippen molar-refractivity contribution in [3.8, 4) is 5.69 Å². The second kappa shape index (κ2) is 5.67. The monoisotopic (exact) mass is 291 g/mol. The Bertz CT molecular complexity index is 605. The summed E-state index contributed by atoms with van der Waals surface area (Å²) in [6, 6.07) is 11.5. The highest BCUT2D eigenvalue weighted by atomic mass is 35.5. The molecule has 1 aromatic carbocycles. The molecular weight excluding hydrogens is 274 g/mol. The molecule has 1 N–H and O–H groups in total. The largest absolute Gasteiger partial charge is 0.310 e. The van der Waals surface area contributed by atoms with Gasteiger partial charge in [0.2, 0.25) is 5.91 Å². The molecule has 0 saturated heterocycles. The first kappa shape index (κ1) is 14.6. The molecule has 0 aliphatic heterocycles. The van der Waals surface area contributed by atoms with Crippen molar-refractivity contribution >= 4 is 23.3 Å². The van der Waals surface area contributed by atoms with Crippen molar-refractivity contribution in [1.82, 2.24) is 9.78 Å². The molecule has 1 heterocycles. The molecule has 2 rings (SSSR count). The number of carbonyl (C=O) groups excluding carboxylic acids is 1. The summed E-state index contributed by atoms with van der Waals surface area (Å²) in [5.74, 6) is 0.790. The standard InChI is InChI=1S/C15H18ClN3O/c1-11-9-13(17-14(20)15(2,3)10-16)19(18-11)12-7-5-4-6-8-12/h4-9H,10H2,1-3H3,(H,17,20). The van der Waals surface area contributed by atoms with Gasteiger partial charge in [-0.1, -0.05) is 18.2 Å². The van der Waals surface area contributed by atoms with Crippen LogP contribution in [-0.4, -0.2) is 21.6 Å². The second-order valence-corrected chi connectivity index (χ2v) is 5.66. The summed E-state index contributed by atoms with van der Waals surface area (Å²) in [6.45, 7) is 5.51. The van der Waals surface area contributed by atoms with Crippen molar-refractivity contribution in [2.75, 3.05) is 11.2 Å². The Kier molecular flexibility index (Phi) is 4.14. The minimum atomic E-state index is -0.624. The number of nitrogens with one attached hydrogen (secondary N) is 1. The molecular formula is C15H18ClN3O. The third-order valence-electron chi connectivity index (χ3n) is 3.02. The summed E-state index contributed by atoms with van der Waals surface area (Å²) in [5, 5.41) is 7.31. The van der Waals surface area contributed by atoms with E-state index in [-0.39, 0.29) is 11.8 Å². The van der Waals surface area contributed by atoms with Crippen molar-refractivity contribution < 1.29 is 4.79 Å². The number of hydrogen-bond acceptors (Lipinski definition) is 2. The van der Waals surface area contributed by atoms with Gasteiger partial charge in [0.15, 0.2) is 0 Å². The maximum atomic E-state index is 12.2. The molecule has 2 aromatic rings. The fourth-order valence-electron chi connectivity index (χ4n) is 1.70. The van der Waals surface area contributed by atoms with Crippen molar-refractivity contribution in [3.63, 3.8) is 0 Å². The van der Waals surface area contributed by atoms with Crippen LogP contribution in [0.15, 0.2) is 36.4 Å². The average Bonchev–Trinajstić information content (AvgIpc) is 2.80. The van der Waals surface area contributed by atoms with Crippen LogP contribution in [0.25, 0.3) is 5.69 Å². The maximum Gasteiger partial charge on any atom is 0.232 e. The molecule has 0 spiro atoms. The number of halogens is 1. The predicted molar refractivity (Wildman–Crippen MR) is 81.4 cm³/mol. The Balaban J connectivity index is 2.32. The fraction of sp³-hybridized carbons (Fsp3) is 0.333. The minimum absolute atomic E-state index is 0.121. The Morgan fingerprint density at radius 2 is 2.00 bits per heavy atom. The van der Waals surface area contributed by atoms with Gasteiger partial charge in [-0.15, -0.1) is 11.6 Å². The van der Waals surface area contributed by atoms with Crippen LogP contribution in [0.2, 0.25) is 0 Å². The molecule has 5 heteroatoms. The molecule has 1 amide bonds. The van der Waals surface area contributed by atoms with Crippen molar-refractivity contribution in [3.05, 3.63) is 42.1 Å². The van der Waals surface area contributed by atoms with E-state index in [2.05, 4.69) is 10.4 Å². The first-order valence-electron chi connectivity index (χ1n) is 6.43. The van der Waals surface area contributed by atoms with Gasteiger partial charge in [-0.25, -0.2) is 4.68 Å². The molecule has 0 unspecified atom stereocenters. The summed E-state index contributed by atoms with van der Waals surface area (Å²) in [6.07, 6.45) is 0. The highest BCUT2D eigenvalue weighted by Gasteiger charge is 2.27. The number of benzene rings is 1. The van der Waals surface area contributed by atoms with Crippen LogP contribution in [0.3, 0.4) is 0 Å². The van der Waals surface area contributed by atoms with Gasteiger partial charge in [0.05, 0.1) is 16.8 Å². The summed E-state index contributed by atoms with van der Waals surface area (Å²) >= 11 is 5.83. The smallest absolute Gasteiger partial charge is 0.232 e. The number of para-hydroxylation sites is 1. The zero-order valence-corrected chi connectivity index (χ0v) is 12.6. The van der Waals surface area contributed by atoms with E-state index in [1.807, 2.05) is 57.2 Å². The topological polar surface area (TPSA) is 46.9 Å². The van der Waals surface area contributed by atoms with Gasteiger partial charge in [-0.2, -0.15) is 5.10 Å². The van der Waals surface area contributed by atoms with Crippen molar-refractivity contribution in [2.24, 2.45) is 5.41 Å². The Labute approximate surface area is 123 Å². The number of rotatable bonds is 4. The number of hydrogen-bond donors (Lipinski definition) is 1. The van der Waals surface area contributed by atoms with Crippen LogP contribution >= 0.6 is 11.6 Å². The number of nitrogens with zero attached hydrogens (tertiary/aromatic N) is 2. The molecule has 0 bridgehead atoms. The van der Waals surface area contributed by atoms with Crippen LogP contribution in [0.5, 0.6) is 0 Å². The number of aromatic nitrogens is 2. The molecule has 1 aromatic heterocycles. The molecule has 0 atom stereocenters. The van der Waals surface area contributed by atoms with Gasteiger partial charge in [0, 0.05) is 11.9 Å². The van der Waals surface area contributed by atoms with Crippen LogP contribution < -0.4 is 5.32 Å². The maximum absolute atomic E-state index is 12.2. The quantitative estimate of drug-likeness (QED) is 0.878. The van der Waals surface area contributed by atoms with E-state index in [4.69, 9.17) is 11.6 Å². The van der Waals surface area contributed by atoms with Gasteiger partial charge in [-0.3, -0.25) is 4.79 Å². The molecule has 0 saturated carbocycles. The predicted octanol–water partition coefficient (Wildman–Crippen LogP) is 3.38. The number of alkyl halides is 1. The van der Waals surface area contributed by atoms with E-state index in [1.165, 1.54) is 0 Å². The fourth-order valence-corrected chi connectivity index (χ4v) is 1.82. The molecule has 0 aliphatic rings. The highest BCUT2D eigenvalue weighted by molar-refractivity contribution is 6.20. The first-order chi connectivity index (χ1) is 9.44. The van der Waals surface area contributed by atoms with E-state index < -0.39 is 5.41 Å². The lowest BCUT2D eigenvalue weighted by atomic mass is 9.95. The lowest BCUT2D eigenvalue weighted by Gasteiger charge is -2.20. The van der Waals surface area contributed by atoms with Gasteiger partial charge < -0.3 is 5.32 Å². The van der Waals surface area contributed by atoms with Gasteiger partial charge >= 0.3 is 0 Å². The zero-order valence-electron chi connectivity index (χ0n) is 11.9. The molecule has 106 valence electrons. The SMILES string of the molecule is Cc1cc(NC(=O)C(C)(C)CCl)n(-c2ccccc2)n1. The summed E-state index contributed by atoms with van der Waals surface area (Å²) < 4.78 is 1.72. The lowest BCUT2D eigenvalue weighted by molar-refractivity contribution is -0.123. The normalized spacial score (nSPS) is 11.4. The summed E-state index contributed by atoms with van der Waals surface area (Å²) in [7, 11) is 0. The molecule has 20 heavy (non-hydrogen) atoms. The van der Waals surface area contributed by atoms with Gasteiger partial charge in [0.25, 0.3) is 0 Å². The lowest BCUT2D eigenvalue weighted by Crippen LogP contribution is -2.32. The number of carbonyl (C=O) groups is 1. The number of aryl methyl sites for hydroxylation is 1. The van der Waals surface area contributed by atoms with Crippen LogP contribution in [0.4, 0.5) is 5.82 Å². The molecule has 4 nitrogen and oxygen atoms in total. The van der Waals surface area contributed by atoms with E-state index in [0.29, 0.717) is 5.82 Å². The second-order valence-electron chi connectivity index (χ2n) is 5.39. The average molecular weight is 292 g/mol. The third-order valence-corrected chi connectivity index (χ3v) is 3.69. The van der Waals surface area contributed by atoms with Gasteiger partial charge in [0.1, 0.15) is 5.82 Å². The third kappa shape index (κ3) is 3.02. The Morgan fingerprint density at radius 1 is 1.35 bits per heavy atom. The Morgan fingerprint density at radius 3 is 2.60 bits per heavy atom. The van der Waals surface area contributed by atoms with Crippen LogP contribution in [0, 0.1) is 12.3 Å². The van der Waals surface area contributed by atoms with Crippen molar-refractivity contribution in [1.29, 1.82) is 0 Å².